The highest BCUT2D eigenvalue weighted by molar-refractivity contribution is 14.1. The van der Waals surface area contributed by atoms with Gasteiger partial charge in [0.05, 0.1) is 20.4 Å². The van der Waals surface area contributed by atoms with Crippen LogP contribution in [0.15, 0.2) is 11.4 Å². The maximum Gasteiger partial charge on any atom is 0.255 e. The summed E-state index contributed by atoms with van der Waals surface area (Å²) in [7, 11) is 0. The molecule has 18 heavy (non-hydrogen) atoms. The quantitative estimate of drug-likeness (QED) is 0.759. The molecule has 0 spiro atoms. The van der Waals surface area contributed by atoms with Gasteiger partial charge in [-0.15, -0.1) is 11.3 Å². The number of carbonyl (C=O) groups excluding carboxylic acids is 2. The summed E-state index contributed by atoms with van der Waals surface area (Å²) < 4.78 is 1.12. The molecule has 1 N–H and O–H groups in total. The molecule has 2 aliphatic heterocycles. The molecule has 6 heteroatoms. The van der Waals surface area contributed by atoms with E-state index in [2.05, 4.69) is 27.9 Å². The number of amides is 2. The largest absolute Gasteiger partial charge is 0.354 e. The van der Waals surface area contributed by atoms with Gasteiger partial charge in [0.15, 0.2) is 0 Å². The molecule has 96 valence electrons. The molecule has 3 heterocycles. The van der Waals surface area contributed by atoms with Crippen LogP contribution in [0.5, 0.6) is 0 Å². The van der Waals surface area contributed by atoms with Gasteiger partial charge in [-0.25, -0.2) is 0 Å². The van der Waals surface area contributed by atoms with Crippen molar-refractivity contribution >= 4 is 45.7 Å². The van der Waals surface area contributed by atoms with Crippen LogP contribution in [-0.2, 0) is 4.79 Å². The summed E-state index contributed by atoms with van der Waals surface area (Å²) >= 11 is 3.80. The molecular weight excluding hydrogens is 363 g/mol. The molecular formula is C12H13IN2O2S. The lowest BCUT2D eigenvalue weighted by Crippen LogP contribution is -2.48. The van der Waals surface area contributed by atoms with E-state index in [9.17, 15) is 9.59 Å². The summed E-state index contributed by atoms with van der Waals surface area (Å²) in [6, 6.07) is 1.97. The van der Waals surface area contributed by atoms with E-state index in [1.54, 1.807) is 11.3 Å². The van der Waals surface area contributed by atoms with Crippen LogP contribution in [0.25, 0.3) is 0 Å². The van der Waals surface area contributed by atoms with Crippen molar-refractivity contribution in [3.8, 4) is 0 Å². The Labute approximate surface area is 123 Å². The zero-order valence-electron chi connectivity index (χ0n) is 9.69. The van der Waals surface area contributed by atoms with Crippen molar-refractivity contribution in [2.24, 2.45) is 5.92 Å². The zero-order valence-corrected chi connectivity index (χ0v) is 12.7. The smallest absolute Gasteiger partial charge is 0.255 e. The van der Waals surface area contributed by atoms with E-state index in [1.807, 2.05) is 16.3 Å². The normalized spacial score (nSPS) is 26.9. The average molecular weight is 376 g/mol. The summed E-state index contributed by atoms with van der Waals surface area (Å²) in [5.74, 6) is 0.179. The fourth-order valence-corrected chi connectivity index (χ4v) is 4.11. The van der Waals surface area contributed by atoms with E-state index in [0.29, 0.717) is 6.54 Å². The molecule has 1 aromatic heterocycles. The lowest BCUT2D eigenvalue weighted by Gasteiger charge is -2.35. The highest BCUT2D eigenvalue weighted by Crippen LogP contribution is 2.29. The standard InChI is InChI=1S/C12H13IN2O2S/c13-10-4-7(6-18-10)12(17)15-3-1-2-8-9(15)5-14-11(8)16/h4,6,8-9H,1-3,5H2,(H,14,16). The molecule has 2 atom stereocenters. The number of fused-ring (bicyclic) bond motifs is 1. The third kappa shape index (κ3) is 2.05. The molecule has 2 saturated heterocycles. The topological polar surface area (TPSA) is 49.4 Å². The van der Waals surface area contributed by atoms with Crippen molar-refractivity contribution in [1.29, 1.82) is 0 Å². The molecule has 0 saturated carbocycles. The molecule has 2 amide bonds. The number of nitrogens with zero attached hydrogens (tertiary/aromatic N) is 1. The number of halogens is 1. The second kappa shape index (κ2) is 4.80. The number of rotatable bonds is 1. The van der Waals surface area contributed by atoms with Gasteiger partial charge in [-0.05, 0) is 41.5 Å². The van der Waals surface area contributed by atoms with Crippen molar-refractivity contribution in [3.05, 3.63) is 19.9 Å². The van der Waals surface area contributed by atoms with Crippen molar-refractivity contribution in [1.82, 2.24) is 10.2 Å². The van der Waals surface area contributed by atoms with E-state index in [-0.39, 0.29) is 23.8 Å². The predicted molar refractivity (Wildman–Crippen MR) is 77.6 cm³/mol. The fraction of sp³-hybridized carbons (Fsp3) is 0.500. The summed E-state index contributed by atoms with van der Waals surface area (Å²) in [6.07, 6.45) is 1.82. The molecule has 0 aromatic carbocycles. The number of hydrogen-bond donors (Lipinski definition) is 1. The van der Waals surface area contributed by atoms with E-state index < -0.39 is 0 Å². The van der Waals surface area contributed by atoms with Gasteiger partial charge >= 0.3 is 0 Å². The van der Waals surface area contributed by atoms with Gasteiger partial charge < -0.3 is 10.2 Å². The number of likely N-dealkylation sites (tertiary alicyclic amines) is 1. The average Bonchev–Trinajstić information content (AvgIpc) is 2.96. The predicted octanol–water partition coefficient (Wildman–Crippen LogP) is 1.70. The van der Waals surface area contributed by atoms with Crippen LogP contribution in [0.3, 0.4) is 0 Å². The Hall–Kier alpha value is -0.630. The minimum absolute atomic E-state index is 0.000377. The number of hydrogen-bond acceptors (Lipinski definition) is 3. The highest BCUT2D eigenvalue weighted by atomic mass is 127. The Balaban J connectivity index is 1.83. The first-order valence-electron chi connectivity index (χ1n) is 5.99. The van der Waals surface area contributed by atoms with Gasteiger partial charge in [-0.1, -0.05) is 0 Å². The Bertz CT molecular complexity index is 502. The monoisotopic (exact) mass is 376 g/mol. The summed E-state index contributed by atoms with van der Waals surface area (Å²) in [5, 5.41) is 4.77. The van der Waals surface area contributed by atoms with Crippen LogP contribution in [0, 0.1) is 8.80 Å². The SMILES string of the molecule is O=C1NCC2C1CCCN2C(=O)c1csc(I)c1. The third-order valence-corrected chi connectivity index (χ3v) is 5.47. The molecule has 3 rings (SSSR count). The molecule has 4 nitrogen and oxygen atoms in total. The van der Waals surface area contributed by atoms with Gasteiger partial charge in [0.1, 0.15) is 0 Å². The van der Waals surface area contributed by atoms with Gasteiger partial charge in [0.25, 0.3) is 5.91 Å². The van der Waals surface area contributed by atoms with Crippen molar-refractivity contribution in [2.75, 3.05) is 13.1 Å². The first-order valence-corrected chi connectivity index (χ1v) is 7.95. The van der Waals surface area contributed by atoms with E-state index in [0.717, 1.165) is 27.8 Å². The lowest BCUT2D eigenvalue weighted by atomic mass is 9.91. The number of piperidine rings is 1. The van der Waals surface area contributed by atoms with Crippen LogP contribution in [0.2, 0.25) is 0 Å². The fourth-order valence-electron chi connectivity index (χ4n) is 2.79. The molecule has 0 radical (unpaired) electrons. The number of thiophene rings is 1. The molecule has 0 bridgehead atoms. The lowest BCUT2D eigenvalue weighted by molar-refractivity contribution is -0.123. The minimum Gasteiger partial charge on any atom is -0.354 e. The van der Waals surface area contributed by atoms with Crippen molar-refractivity contribution in [3.63, 3.8) is 0 Å². The van der Waals surface area contributed by atoms with Crippen molar-refractivity contribution < 1.29 is 9.59 Å². The summed E-state index contributed by atoms with van der Waals surface area (Å²) in [6.45, 7) is 1.37. The van der Waals surface area contributed by atoms with E-state index in [1.165, 1.54) is 0 Å². The van der Waals surface area contributed by atoms with Crippen LogP contribution < -0.4 is 5.32 Å². The molecule has 2 unspecified atom stereocenters. The summed E-state index contributed by atoms with van der Waals surface area (Å²) in [4.78, 5) is 26.0. The van der Waals surface area contributed by atoms with E-state index >= 15 is 0 Å². The highest BCUT2D eigenvalue weighted by Gasteiger charge is 2.42. The Morgan fingerprint density at radius 3 is 3.11 bits per heavy atom. The van der Waals surface area contributed by atoms with Crippen LogP contribution in [0.4, 0.5) is 0 Å². The van der Waals surface area contributed by atoms with Gasteiger partial charge in [0, 0.05) is 18.5 Å². The zero-order chi connectivity index (χ0) is 12.7. The molecule has 2 fully saturated rings. The number of carbonyl (C=O) groups is 2. The second-order valence-corrected chi connectivity index (χ2v) is 7.50. The maximum absolute atomic E-state index is 12.5. The molecule has 2 aliphatic rings. The Kier molecular flexibility index (Phi) is 3.31. The summed E-state index contributed by atoms with van der Waals surface area (Å²) in [5.41, 5.74) is 0.754. The Morgan fingerprint density at radius 2 is 2.39 bits per heavy atom. The van der Waals surface area contributed by atoms with Crippen LogP contribution >= 0.6 is 33.9 Å². The minimum atomic E-state index is 0.000377. The van der Waals surface area contributed by atoms with E-state index in [4.69, 9.17) is 0 Å². The third-order valence-electron chi connectivity index (χ3n) is 3.68. The van der Waals surface area contributed by atoms with Crippen LogP contribution in [0.1, 0.15) is 23.2 Å². The number of nitrogens with one attached hydrogen (secondary N) is 1. The van der Waals surface area contributed by atoms with Crippen LogP contribution in [-0.4, -0.2) is 35.8 Å². The first kappa shape index (κ1) is 12.4. The second-order valence-electron chi connectivity index (χ2n) is 4.70. The Morgan fingerprint density at radius 1 is 1.56 bits per heavy atom. The molecule has 1 aromatic rings. The molecule has 0 aliphatic carbocycles. The van der Waals surface area contributed by atoms with Gasteiger partial charge in [0.2, 0.25) is 5.91 Å². The van der Waals surface area contributed by atoms with Gasteiger partial charge in [-0.3, -0.25) is 9.59 Å². The first-order chi connectivity index (χ1) is 8.66. The van der Waals surface area contributed by atoms with Crippen molar-refractivity contribution in [2.45, 2.75) is 18.9 Å². The van der Waals surface area contributed by atoms with Gasteiger partial charge in [-0.2, -0.15) is 0 Å². The maximum atomic E-state index is 12.5.